The van der Waals surface area contributed by atoms with E-state index in [-0.39, 0.29) is 11.7 Å². The fourth-order valence-corrected chi connectivity index (χ4v) is 2.25. The number of anilines is 1. The Balaban J connectivity index is 2.27. The molecule has 18 heavy (non-hydrogen) atoms. The van der Waals surface area contributed by atoms with Crippen molar-refractivity contribution in [3.8, 4) is 5.75 Å². The number of amides is 1. The number of phenols is 1. The van der Waals surface area contributed by atoms with Crippen molar-refractivity contribution in [2.45, 2.75) is 0 Å². The lowest BCUT2D eigenvalue weighted by molar-refractivity contribution is 0.102. The van der Waals surface area contributed by atoms with E-state index in [1.54, 1.807) is 18.2 Å². The van der Waals surface area contributed by atoms with Crippen molar-refractivity contribution in [3.05, 3.63) is 56.6 Å². The first-order valence-electron chi connectivity index (χ1n) is 5.12. The molecule has 92 valence electrons. The summed E-state index contributed by atoms with van der Waals surface area (Å²) in [5, 5.41) is 12.7. The standard InChI is InChI=1S/C13H9ClINO2/c14-8-5-6-12(17)11(7-8)16-13(18)9-3-1-2-4-10(9)15/h1-7,17H,(H,16,18). The van der Waals surface area contributed by atoms with E-state index in [0.29, 0.717) is 16.3 Å². The van der Waals surface area contributed by atoms with Crippen LogP contribution >= 0.6 is 34.2 Å². The van der Waals surface area contributed by atoms with E-state index < -0.39 is 0 Å². The zero-order valence-corrected chi connectivity index (χ0v) is 12.1. The van der Waals surface area contributed by atoms with Crippen LogP contribution in [0.5, 0.6) is 5.75 Å². The normalized spacial score (nSPS) is 10.1. The average molecular weight is 374 g/mol. The van der Waals surface area contributed by atoms with Gasteiger partial charge in [-0.25, -0.2) is 0 Å². The summed E-state index contributed by atoms with van der Waals surface area (Å²) in [5.74, 6) is -0.295. The third-order valence-electron chi connectivity index (χ3n) is 2.33. The molecule has 1 amide bonds. The number of hydrogen-bond acceptors (Lipinski definition) is 2. The Labute approximate surface area is 123 Å². The Morgan fingerprint density at radius 2 is 1.94 bits per heavy atom. The largest absolute Gasteiger partial charge is 0.506 e. The second-order valence-electron chi connectivity index (χ2n) is 3.60. The number of carbonyl (C=O) groups is 1. The minimum Gasteiger partial charge on any atom is -0.506 e. The van der Waals surface area contributed by atoms with Crippen LogP contribution in [-0.4, -0.2) is 11.0 Å². The van der Waals surface area contributed by atoms with E-state index in [9.17, 15) is 9.90 Å². The van der Waals surface area contributed by atoms with Gasteiger partial charge in [0.1, 0.15) is 5.75 Å². The van der Waals surface area contributed by atoms with E-state index in [1.165, 1.54) is 12.1 Å². The maximum absolute atomic E-state index is 12.0. The van der Waals surface area contributed by atoms with E-state index in [2.05, 4.69) is 27.9 Å². The van der Waals surface area contributed by atoms with Crippen LogP contribution in [0.25, 0.3) is 0 Å². The molecule has 2 aromatic carbocycles. The molecule has 2 N–H and O–H groups in total. The van der Waals surface area contributed by atoms with Gasteiger partial charge in [-0.05, 0) is 52.9 Å². The minimum atomic E-state index is -0.280. The highest BCUT2D eigenvalue weighted by Crippen LogP contribution is 2.27. The van der Waals surface area contributed by atoms with Gasteiger partial charge in [-0.1, -0.05) is 23.7 Å². The van der Waals surface area contributed by atoms with Crippen molar-refractivity contribution in [2.24, 2.45) is 0 Å². The Kier molecular flexibility index (Phi) is 4.08. The average Bonchev–Trinajstić information content (AvgIpc) is 2.34. The third-order valence-corrected chi connectivity index (χ3v) is 3.50. The number of aromatic hydroxyl groups is 1. The number of halogens is 2. The number of carbonyl (C=O) groups excluding carboxylic acids is 1. The van der Waals surface area contributed by atoms with Crippen LogP contribution in [0.4, 0.5) is 5.69 Å². The summed E-state index contributed by atoms with van der Waals surface area (Å²) in [4.78, 5) is 12.0. The molecule has 3 nitrogen and oxygen atoms in total. The first-order valence-corrected chi connectivity index (χ1v) is 6.58. The van der Waals surface area contributed by atoms with Crippen LogP contribution in [-0.2, 0) is 0 Å². The zero-order chi connectivity index (χ0) is 13.1. The SMILES string of the molecule is O=C(Nc1cc(Cl)ccc1O)c1ccccc1I. The monoisotopic (exact) mass is 373 g/mol. The molecule has 2 rings (SSSR count). The summed E-state index contributed by atoms with van der Waals surface area (Å²) in [5.41, 5.74) is 0.852. The number of rotatable bonds is 2. The van der Waals surface area contributed by atoms with Gasteiger partial charge < -0.3 is 10.4 Å². The van der Waals surface area contributed by atoms with Gasteiger partial charge in [0.2, 0.25) is 0 Å². The van der Waals surface area contributed by atoms with Crippen LogP contribution in [0.15, 0.2) is 42.5 Å². The summed E-state index contributed by atoms with van der Waals surface area (Å²) >= 11 is 7.90. The van der Waals surface area contributed by atoms with Gasteiger partial charge in [-0.2, -0.15) is 0 Å². The van der Waals surface area contributed by atoms with Crippen molar-refractivity contribution in [1.29, 1.82) is 0 Å². The highest BCUT2D eigenvalue weighted by atomic mass is 127. The van der Waals surface area contributed by atoms with Gasteiger partial charge >= 0.3 is 0 Å². The molecule has 0 aliphatic heterocycles. The Morgan fingerprint density at radius 1 is 1.22 bits per heavy atom. The maximum atomic E-state index is 12.0. The number of benzene rings is 2. The lowest BCUT2D eigenvalue weighted by atomic mass is 10.2. The van der Waals surface area contributed by atoms with E-state index in [4.69, 9.17) is 11.6 Å². The minimum absolute atomic E-state index is 0.0151. The maximum Gasteiger partial charge on any atom is 0.256 e. The van der Waals surface area contributed by atoms with Gasteiger partial charge in [0, 0.05) is 8.59 Å². The molecule has 0 saturated heterocycles. The van der Waals surface area contributed by atoms with Crippen molar-refractivity contribution >= 4 is 45.8 Å². The van der Waals surface area contributed by atoms with Crippen LogP contribution in [0.1, 0.15) is 10.4 Å². The summed E-state index contributed by atoms with van der Waals surface area (Å²) < 4.78 is 0.842. The lowest BCUT2D eigenvalue weighted by Crippen LogP contribution is -2.13. The third kappa shape index (κ3) is 2.94. The van der Waals surface area contributed by atoms with Gasteiger partial charge in [0.25, 0.3) is 5.91 Å². The second kappa shape index (κ2) is 5.58. The van der Waals surface area contributed by atoms with Crippen LogP contribution in [0.2, 0.25) is 5.02 Å². The van der Waals surface area contributed by atoms with E-state index >= 15 is 0 Å². The lowest BCUT2D eigenvalue weighted by Gasteiger charge is -2.08. The summed E-state index contributed by atoms with van der Waals surface area (Å²) in [7, 11) is 0. The molecule has 0 aliphatic rings. The molecule has 0 aromatic heterocycles. The topological polar surface area (TPSA) is 49.3 Å². The molecular formula is C13H9ClINO2. The quantitative estimate of drug-likeness (QED) is 0.619. The highest BCUT2D eigenvalue weighted by Gasteiger charge is 2.11. The second-order valence-corrected chi connectivity index (χ2v) is 5.19. The van der Waals surface area contributed by atoms with E-state index in [0.717, 1.165) is 3.57 Å². The Bertz CT molecular complexity index is 601. The smallest absolute Gasteiger partial charge is 0.256 e. The molecule has 0 fully saturated rings. The highest BCUT2D eigenvalue weighted by molar-refractivity contribution is 14.1. The molecule has 5 heteroatoms. The number of nitrogens with one attached hydrogen (secondary N) is 1. The fraction of sp³-hybridized carbons (Fsp3) is 0. The first-order chi connectivity index (χ1) is 8.58. The molecule has 0 saturated carbocycles. The summed E-state index contributed by atoms with van der Waals surface area (Å²) in [6.07, 6.45) is 0. The molecular weight excluding hydrogens is 365 g/mol. The molecule has 0 bridgehead atoms. The predicted molar refractivity (Wildman–Crippen MR) is 80.2 cm³/mol. The van der Waals surface area contributed by atoms with Gasteiger partial charge in [-0.3, -0.25) is 4.79 Å². The Hall–Kier alpha value is -1.27. The van der Waals surface area contributed by atoms with Crippen molar-refractivity contribution in [3.63, 3.8) is 0 Å². The van der Waals surface area contributed by atoms with Crippen molar-refractivity contribution in [2.75, 3.05) is 5.32 Å². The molecule has 0 aliphatic carbocycles. The first kappa shape index (κ1) is 13.2. The number of hydrogen-bond donors (Lipinski definition) is 2. The molecule has 0 spiro atoms. The van der Waals surface area contributed by atoms with Crippen LogP contribution < -0.4 is 5.32 Å². The van der Waals surface area contributed by atoms with Gasteiger partial charge in [-0.15, -0.1) is 0 Å². The van der Waals surface area contributed by atoms with Crippen molar-refractivity contribution < 1.29 is 9.90 Å². The van der Waals surface area contributed by atoms with E-state index in [1.807, 2.05) is 12.1 Å². The summed E-state index contributed by atoms with van der Waals surface area (Å²) in [6, 6.07) is 11.7. The van der Waals surface area contributed by atoms with Gasteiger partial charge in [0.15, 0.2) is 0 Å². The predicted octanol–water partition coefficient (Wildman–Crippen LogP) is 3.90. The summed E-state index contributed by atoms with van der Waals surface area (Å²) in [6.45, 7) is 0. The zero-order valence-electron chi connectivity index (χ0n) is 9.15. The Morgan fingerprint density at radius 3 is 2.67 bits per heavy atom. The molecule has 2 aromatic rings. The molecule has 0 radical (unpaired) electrons. The number of phenolic OH excluding ortho intramolecular Hbond substituents is 1. The molecule has 0 atom stereocenters. The molecule has 0 heterocycles. The van der Waals surface area contributed by atoms with Crippen molar-refractivity contribution in [1.82, 2.24) is 0 Å². The van der Waals surface area contributed by atoms with Crippen LogP contribution in [0.3, 0.4) is 0 Å². The van der Waals surface area contributed by atoms with Gasteiger partial charge in [0.05, 0.1) is 11.3 Å². The molecule has 0 unspecified atom stereocenters. The fourth-order valence-electron chi connectivity index (χ4n) is 1.44. The van der Waals surface area contributed by atoms with Crippen LogP contribution in [0, 0.1) is 3.57 Å².